The number of rotatable bonds is 9. The molecule has 5 heterocycles. The van der Waals surface area contributed by atoms with Gasteiger partial charge in [0.25, 0.3) is 0 Å². The van der Waals surface area contributed by atoms with Crippen molar-refractivity contribution < 1.29 is 4.74 Å². The molecule has 0 bridgehead atoms. The van der Waals surface area contributed by atoms with Crippen molar-refractivity contribution in [1.29, 1.82) is 0 Å². The molecule has 0 saturated carbocycles. The second kappa shape index (κ2) is 12.6. The van der Waals surface area contributed by atoms with Gasteiger partial charge in [-0.2, -0.15) is 0 Å². The van der Waals surface area contributed by atoms with Gasteiger partial charge in [0, 0.05) is 87.8 Å². The predicted molar refractivity (Wildman–Crippen MR) is 176 cm³/mol. The summed E-state index contributed by atoms with van der Waals surface area (Å²) in [6.07, 6.45) is 8.51. The zero-order valence-corrected chi connectivity index (χ0v) is 25.5. The minimum atomic E-state index is 0.556. The molecule has 10 heteroatoms. The van der Waals surface area contributed by atoms with Gasteiger partial charge in [-0.1, -0.05) is 29.8 Å². The van der Waals surface area contributed by atoms with E-state index >= 15 is 0 Å². The summed E-state index contributed by atoms with van der Waals surface area (Å²) in [6.45, 7) is 6.75. The first kappa shape index (κ1) is 28.2. The van der Waals surface area contributed by atoms with Crippen LogP contribution in [-0.4, -0.2) is 69.6 Å². The molecule has 0 amide bonds. The van der Waals surface area contributed by atoms with Crippen molar-refractivity contribution in [2.45, 2.75) is 19.5 Å². The molecular formula is C34H35ClN8O. The van der Waals surface area contributed by atoms with Crippen LogP contribution in [0.25, 0.3) is 22.6 Å². The molecule has 224 valence electrons. The van der Waals surface area contributed by atoms with Crippen molar-refractivity contribution in [1.82, 2.24) is 29.7 Å². The number of imidazole rings is 1. The van der Waals surface area contributed by atoms with E-state index < -0.39 is 0 Å². The molecule has 2 aliphatic rings. The number of pyridine rings is 2. The number of methoxy groups -OCH3 is 1. The number of benzene rings is 2. The average Bonchev–Trinajstić information content (AvgIpc) is 3.71. The van der Waals surface area contributed by atoms with Crippen LogP contribution in [-0.2, 0) is 13.1 Å². The van der Waals surface area contributed by atoms with Gasteiger partial charge in [0.1, 0.15) is 17.1 Å². The van der Waals surface area contributed by atoms with Crippen LogP contribution in [0.5, 0.6) is 5.75 Å². The number of aromatic nitrogens is 4. The molecule has 1 saturated heterocycles. The molecule has 5 aromatic rings. The summed E-state index contributed by atoms with van der Waals surface area (Å²) in [5.41, 5.74) is 8.07. The van der Waals surface area contributed by atoms with E-state index in [-0.39, 0.29) is 0 Å². The number of aromatic amines is 1. The van der Waals surface area contributed by atoms with E-state index in [0.717, 1.165) is 86.3 Å². The van der Waals surface area contributed by atoms with Crippen LogP contribution in [0.1, 0.15) is 17.5 Å². The minimum absolute atomic E-state index is 0.556. The molecule has 9 nitrogen and oxygen atoms in total. The van der Waals surface area contributed by atoms with E-state index in [1.54, 1.807) is 13.3 Å². The van der Waals surface area contributed by atoms with Crippen LogP contribution >= 0.6 is 11.6 Å². The highest BCUT2D eigenvalue weighted by atomic mass is 35.5. The Morgan fingerprint density at radius 2 is 1.73 bits per heavy atom. The van der Waals surface area contributed by atoms with Crippen molar-refractivity contribution in [3.8, 4) is 17.1 Å². The molecule has 0 aliphatic carbocycles. The van der Waals surface area contributed by atoms with Gasteiger partial charge in [-0.25, -0.2) is 9.97 Å². The van der Waals surface area contributed by atoms with Gasteiger partial charge in [-0.05, 0) is 53.6 Å². The Balaban J connectivity index is 1.01. The molecule has 0 radical (unpaired) electrons. The fourth-order valence-corrected chi connectivity index (χ4v) is 6.09. The average molecular weight is 607 g/mol. The lowest BCUT2D eigenvalue weighted by Crippen LogP contribution is -2.45. The molecule has 2 aliphatic heterocycles. The fraction of sp³-hybridized carbons (Fsp3) is 0.265. The lowest BCUT2D eigenvalue weighted by Gasteiger charge is -2.36. The number of H-pyrrole nitrogens is 1. The summed E-state index contributed by atoms with van der Waals surface area (Å²) in [5.74, 6) is 1.64. The second-order valence-electron chi connectivity index (χ2n) is 11.3. The first-order valence-electron chi connectivity index (χ1n) is 15.0. The minimum Gasteiger partial charge on any atom is -0.497 e. The Labute approximate surface area is 262 Å². The third-order valence-corrected chi connectivity index (χ3v) is 8.60. The summed E-state index contributed by atoms with van der Waals surface area (Å²) < 4.78 is 5.28. The number of ether oxygens (including phenoxy) is 1. The summed E-state index contributed by atoms with van der Waals surface area (Å²) in [6, 6.07) is 21.0. The fourth-order valence-electron chi connectivity index (χ4n) is 5.90. The lowest BCUT2D eigenvalue weighted by atomic mass is 10.1. The van der Waals surface area contributed by atoms with Crippen LogP contribution < -0.4 is 15.0 Å². The number of nitrogens with zero attached hydrogens (tertiary/aromatic N) is 6. The standard InChI is InChI=1S/C34H35ClN8O/c1-44-29-10-4-24(5-11-29)21-42-14-12-27(23-42)38-31-30(35)20-37-34-32(31)39-33(40-34)26-6-8-28(9-7-26)43-17-15-41(16-18-43)22-25-3-2-13-36-19-25/h2-11,13,19-20,23H,12,14-18,21-22H2,1H3,(H2,37,38,39,40). The van der Waals surface area contributed by atoms with Crippen molar-refractivity contribution >= 4 is 34.1 Å². The van der Waals surface area contributed by atoms with Crippen LogP contribution in [0.3, 0.4) is 0 Å². The number of hydrogen-bond donors (Lipinski definition) is 2. The second-order valence-corrected chi connectivity index (χ2v) is 11.7. The largest absolute Gasteiger partial charge is 0.497 e. The zero-order chi connectivity index (χ0) is 29.9. The van der Waals surface area contributed by atoms with Crippen LogP contribution in [0.4, 0.5) is 11.4 Å². The highest BCUT2D eigenvalue weighted by molar-refractivity contribution is 6.34. The Morgan fingerprint density at radius 1 is 0.909 bits per heavy atom. The smallest absolute Gasteiger partial charge is 0.180 e. The van der Waals surface area contributed by atoms with E-state index in [1.165, 1.54) is 16.8 Å². The van der Waals surface area contributed by atoms with Crippen LogP contribution in [0.15, 0.2) is 91.2 Å². The monoisotopic (exact) mass is 606 g/mol. The number of halogens is 1. The summed E-state index contributed by atoms with van der Waals surface area (Å²) >= 11 is 6.66. The third-order valence-electron chi connectivity index (χ3n) is 8.32. The van der Waals surface area contributed by atoms with Crippen LogP contribution in [0, 0.1) is 0 Å². The highest BCUT2D eigenvalue weighted by Crippen LogP contribution is 2.33. The topological polar surface area (TPSA) is 85.4 Å². The van der Waals surface area contributed by atoms with E-state index in [0.29, 0.717) is 10.7 Å². The van der Waals surface area contributed by atoms with Crippen molar-refractivity contribution in [3.05, 3.63) is 107 Å². The van der Waals surface area contributed by atoms with Crippen LogP contribution in [0.2, 0.25) is 5.02 Å². The first-order chi connectivity index (χ1) is 21.6. The molecule has 44 heavy (non-hydrogen) atoms. The van der Waals surface area contributed by atoms with Crippen molar-refractivity contribution in [2.24, 2.45) is 0 Å². The molecule has 1 fully saturated rings. The molecule has 7 rings (SSSR count). The van der Waals surface area contributed by atoms with Gasteiger partial charge in [-0.15, -0.1) is 0 Å². The molecular weight excluding hydrogens is 572 g/mol. The maximum atomic E-state index is 6.66. The Hall–Kier alpha value is -4.60. The number of piperazine rings is 1. The molecule has 2 aromatic carbocycles. The summed E-state index contributed by atoms with van der Waals surface area (Å²) in [4.78, 5) is 24.3. The van der Waals surface area contributed by atoms with E-state index in [9.17, 15) is 0 Å². The number of nitrogens with one attached hydrogen (secondary N) is 2. The molecule has 0 unspecified atom stereocenters. The molecule has 0 spiro atoms. The van der Waals surface area contributed by atoms with Crippen molar-refractivity contribution in [2.75, 3.05) is 50.1 Å². The predicted octanol–water partition coefficient (Wildman–Crippen LogP) is 6.16. The van der Waals surface area contributed by atoms with Gasteiger partial charge < -0.3 is 24.8 Å². The van der Waals surface area contributed by atoms with Gasteiger partial charge in [0.2, 0.25) is 0 Å². The highest BCUT2D eigenvalue weighted by Gasteiger charge is 2.20. The van der Waals surface area contributed by atoms with Gasteiger partial charge in [0.15, 0.2) is 5.65 Å². The molecule has 3 aromatic heterocycles. The number of fused-ring (bicyclic) bond motifs is 1. The zero-order valence-electron chi connectivity index (χ0n) is 24.7. The van der Waals surface area contributed by atoms with E-state index in [2.05, 4.69) is 83.6 Å². The Morgan fingerprint density at radius 3 is 2.48 bits per heavy atom. The lowest BCUT2D eigenvalue weighted by molar-refractivity contribution is 0.249. The number of anilines is 2. The van der Waals surface area contributed by atoms with Gasteiger partial charge in [-0.3, -0.25) is 9.88 Å². The Kier molecular flexibility index (Phi) is 8.04. The SMILES string of the molecule is COc1ccc(CN2C=C(Nc3c(Cl)cnc4nc(-c5ccc(N6CCN(Cc7cccnc7)CC6)cc5)[nH]c34)CC2)cc1. The molecule has 2 N–H and O–H groups in total. The van der Waals surface area contributed by atoms with E-state index in [1.807, 2.05) is 30.6 Å². The van der Waals surface area contributed by atoms with Gasteiger partial charge >= 0.3 is 0 Å². The molecule has 0 atom stereocenters. The number of hydrogen-bond acceptors (Lipinski definition) is 8. The normalized spacial score (nSPS) is 15.5. The maximum absolute atomic E-state index is 6.66. The summed E-state index contributed by atoms with van der Waals surface area (Å²) in [5, 5.41) is 4.12. The van der Waals surface area contributed by atoms with Crippen molar-refractivity contribution in [3.63, 3.8) is 0 Å². The quantitative estimate of drug-likeness (QED) is 0.206. The third kappa shape index (κ3) is 6.20. The summed E-state index contributed by atoms with van der Waals surface area (Å²) in [7, 11) is 1.69. The van der Waals surface area contributed by atoms with E-state index in [4.69, 9.17) is 21.3 Å². The maximum Gasteiger partial charge on any atom is 0.180 e. The first-order valence-corrected chi connectivity index (χ1v) is 15.3. The Bertz CT molecular complexity index is 1750. The van der Waals surface area contributed by atoms with Gasteiger partial charge in [0.05, 0.1) is 24.0 Å².